The van der Waals surface area contributed by atoms with Crippen LogP contribution in [0.1, 0.15) is 0 Å². The van der Waals surface area contributed by atoms with Gasteiger partial charge >= 0.3 is 0 Å². The van der Waals surface area contributed by atoms with Crippen molar-refractivity contribution >= 4 is 35.2 Å². The molecule has 0 aliphatic carbocycles. The van der Waals surface area contributed by atoms with Gasteiger partial charge in [-0.3, -0.25) is 0 Å². The van der Waals surface area contributed by atoms with E-state index < -0.39 is 0 Å². The number of rotatable bonds is 2. The molecule has 2 aromatic carbocycles. The van der Waals surface area contributed by atoms with Gasteiger partial charge in [0.05, 0.1) is 0 Å². The molecule has 2 aromatic rings. The average molecular weight is 328 g/mol. The van der Waals surface area contributed by atoms with Gasteiger partial charge in [0, 0.05) is 8.47 Å². The zero-order valence-corrected chi connectivity index (χ0v) is 10.9. The first-order valence-corrected chi connectivity index (χ1v) is 5.99. The molecule has 0 N–H and O–H groups in total. The van der Waals surface area contributed by atoms with E-state index in [4.69, 9.17) is 4.74 Å². The van der Waals surface area contributed by atoms with Crippen LogP contribution in [0.2, 0.25) is 0 Å². The first-order valence-electron chi connectivity index (χ1n) is 4.46. The highest BCUT2D eigenvalue weighted by molar-refractivity contribution is 14.1. The molecule has 3 heteroatoms. The fourth-order valence-electron chi connectivity index (χ4n) is 1.21. The van der Waals surface area contributed by atoms with Crippen LogP contribution in [0.5, 0.6) is 11.5 Å². The van der Waals surface area contributed by atoms with E-state index in [0.717, 1.165) is 20.0 Å². The first kappa shape index (κ1) is 10.8. The molecule has 2 rings (SSSR count). The molecule has 0 fully saturated rings. The highest BCUT2D eigenvalue weighted by Gasteiger charge is 1.97. The maximum atomic E-state index is 5.69. The maximum Gasteiger partial charge on any atom is 0.128 e. The summed E-state index contributed by atoms with van der Waals surface area (Å²) < 4.78 is 6.85. The molecule has 0 spiro atoms. The van der Waals surface area contributed by atoms with Crippen LogP contribution in [0.15, 0.2) is 53.4 Å². The van der Waals surface area contributed by atoms with E-state index in [1.165, 1.54) is 0 Å². The smallest absolute Gasteiger partial charge is 0.128 e. The largest absolute Gasteiger partial charge is 0.457 e. The lowest BCUT2D eigenvalue weighted by atomic mass is 10.3. The summed E-state index contributed by atoms with van der Waals surface area (Å²) in [7, 11) is 0. The van der Waals surface area contributed by atoms with Crippen LogP contribution >= 0.6 is 35.2 Å². The zero-order chi connectivity index (χ0) is 10.7. The Morgan fingerprint density at radius 3 is 2.27 bits per heavy atom. The second-order valence-electron chi connectivity index (χ2n) is 3.06. The fraction of sp³-hybridized carbons (Fsp3) is 0. The van der Waals surface area contributed by atoms with E-state index in [-0.39, 0.29) is 0 Å². The van der Waals surface area contributed by atoms with Gasteiger partial charge in [-0.15, -0.1) is 12.6 Å². The second-order valence-corrected chi connectivity index (χ2v) is 4.82. The van der Waals surface area contributed by atoms with Crippen molar-refractivity contribution in [1.82, 2.24) is 0 Å². The Kier molecular flexibility index (Phi) is 3.53. The minimum atomic E-state index is 0.810. The van der Waals surface area contributed by atoms with Gasteiger partial charge in [0.15, 0.2) is 0 Å². The quantitative estimate of drug-likeness (QED) is 0.636. The van der Waals surface area contributed by atoms with Crippen LogP contribution in [0.3, 0.4) is 0 Å². The van der Waals surface area contributed by atoms with Crippen LogP contribution in [-0.4, -0.2) is 0 Å². The van der Waals surface area contributed by atoms with Gasteiger partial charge < -0.3 is 4.74 Å². The Hall–Kier alpha value is -0.680. The molecule has 0 aliphatic heterocycles. The minimum Gasteiger partial charge on any atom is -0.457 e. The Morgan fingerprint density at radius 1 is 0.933 bits per heavy atom. The molecule has 0 aromatic heterocycles. The van der Waals surface area contributed by atoms with Crippen molar-refractivity contribution < 1.29 is 4.74 Å². The van der Waals surface area contributed by atoms with E-state index in [9.17, 15) is 0 Å². The molecule has 15 heavy (non-hydrogen) atoms. The lowest BCUT2D eigenvalue weighted by Gasteiger charge is -2.06. The third-order valence-corrected chi connectivity index (χ3v) is 2.80. The van der Waals surface area contributed by atoms with Crippen molar-refractivity contribution in [3.63, 3.8) is 0 Å². The third kappa shape index (κ3) is 3.14. The molecule has 0 amide bonds. The molecular formula is C12H9IOS. The number of thiol groups is 1. The molecule has 0 unspecified atom stereocenters. The molecule has 0 radical (unpaired) electrons. The summed E-state index contributed by atoms with van der Waals surface area (Å²) in [4.78, 5) is 0.901. The summed E-state index contributed by atoms with van der Waals surface area (Å²) in [6.07, 6.45) is 0. The predicted octanol–water partition coefficient (Wildman–Crippen LogP) is 4.37. The SMILES string of the molecule is Sc1cccc(Oc2cccc(I)c2)c1. The monoisotopic (exact) mass is 328 g/mol. The average Bonchev–Trinajstić information content (AvgIpc) is 2.17. The van der Waals surface area contributed by atoms with Crippen molar-refractivity contribution in [3.05, 3.63) is 52.1 Å². The van der Waals surface area contributed by atoms with Crippen LogP contribution in [-0.2, 0) is 0 Å². The minimum absolute atomic E-state index is 0.810. The molecule has 0 aliphatic rings. The van der Waals surface area contributed by atoms with E-state index in [2.05, 4.69) is 35.2 Å². The number of halogens is 1. The van der Waals surface area contributed by atoms with Crippen molar-refractivity contribution in [2.24, 2.45) is 0 Å². The fourth-order valence-corrected chi connectivity index (χ4v) is 1.94. The Labute approximate surface area is 108 Å². The van der Waals surface area contributed by atoms with Crippen LogP contribution < -0.4 is 4.74 Å². The van der Waals surface area contributed by atoms with Gasteiger partial charge in [-0.2, -0.15) is 0 Å². The predicted molar refractivity (Wildman–Crippen MR) is 72.9 cm³/mol. The highest BCUT2D eigenvalue weighted by Crippen LogP contribution is 2.24. The molecule has 0 saturated heterocycles. The lowest BCUT2D eigenvalue weighted by molar-refractivity contribution is 0.481. The maximum absolute atomic E-state index is 5.69. The van der Waals surface area contributed by atoms with E-state index >= 15 is 0 Å². The van der Waals surface area contributed by atoms with E-state index in [1.54, 1.807) is 0 Å². The van der Waals surface area contributed by atoms with Gasteiger partial charge in [-0.05, 0) is 59.0 Å². The van der Waals surface area contributed by atoms with Crippen molar-refractivity contribution in [1.29, 1.82) is 0 Å². The Morgan fingerprint density at radius 2 is 1.60 bits per heavy atom. The Bertz CT molecular complexity index is 427. The third-order valence-electron chi connectivity index (χ3n) is 1.85. The summed E-state index contributed by atoms with van der Waals surface area (Å²) in [5.41, 5.74) is 0. The standard InChI is InChI=1S/C12H9IOS/c13-9-3-1-4-10(7-9)14-11-5-2-6-12(15)8-11/h1-8,15H. The topological polar surface area (TPSA) is 9.23 Å². The van der Waals surface area contributed by atoms with E-state index in [0.29, 0.717) is 0 Å². The van der Waals surface area contributed by atoms with Crippen LogP contribution in [0.25, 0.3) is 0 Å². The number of hydrogen-bond donors (Lipinski definition) is 1. The van der Waals surface area contributed by atoms with Crippen LogP contribution in [0, 0.1) is 3.57 Å². The van der Waals surface area contributed by atoms with E-state index in [1.807, 2.05) is 48.5 Å². The molecule has 0 bridgehead atoms. The molecular weight excluding hydrogens is 319 g/mol. The van der Waals surface area contributed by atoms with Crippen molar-refractivity contribution in [2.75, 3.05) is 0 Å². The normalized spacial score (nSPS) is 10.0. The molecule has 0 atom stereocenters. The first-order chi connectivity index (χ1) is 7.24. The molecule has 76 valence electrons. The summed E-state index contributed by atoms with van der Waals surface area (Å²) in [6.45, 7) is 0. The zero-order valence-electron chi connectivity index (χ0n) is 7.85. The molecule has 0 saturated carbocycles. The summed E-state index contributed by atoms with van der Waals surface area (Å²) >= 11 is 6.52. The number of ether oxygens (including phenoxy) is 1. The summed E-state index contributed by atoms with van der Waals surface area (Å²) in [5.74, 6) is 1.66. The molecule has 0 heterocycles. The number of hydrogen-bond acceptors (Lipinski definition) is 2. The van der Waals surface area contributed by atoms with Crippen molar-refractivity contribution in [3.8, 4) is 11.5 Å². The van der Waals surface area contributed by atoms with Crippen molar-refractivity contribution in [2.45, 2.75) is 4.90 Å². The van der Waals surface area contributed by atoms with Gasteiger partial charge in [-0.25, -0.2) is 0 Å². The second kappa shape index (κ2) is 4.90. The summed E-state index contributed by atoms with van der Waals surface area (Å²) in [6, 6.07) is 15.6. The highest BCUT2D eigenvalue weighted by atomic mass is 127. The lowest BCUT2D eigenvalue weighted by Crippen LogP contribution is -1.84. The number of benzene rings is 2. The molecule has 1 nitrogen and oxygen atoms in total. The van der Waals surface area contributed by atoms with Gasteiger partial charge in [0.25, 0.3) is 0 Å². The van der Waals surface area contributed by atoms with Gasteiger partial charge in [0.1, 0.15) is 11.5 Å². The Balaban J connectivity index is 2.22. The van der Waals surface area contributed by atoms with Gasteiger partial charge in [0.2, 0.25) is 0 Å². The van der Waals surface area contributed by atoms with Crippen LogP contribution in [0.4, 0.5) is 0 Å². The summed E-state index contributed by atoms with van der Waals surface area (Å²) in [5, 5.41) is 0. The van der Waals surface area contributed by atoms with Gasteiger partial charge in [-0.1, -0.05) is 12.1 Å².